The summed E-state index contributed by atoms with van der Waals surface area (Å²) in [6.07, 6.45) is 0.263. The van der Waals surface area contributed by atoms with Crippen LogP contribution < -0.4 is 0 Å². The largest absolute Gasteiger partial charge is 0.479 e. The second-order valence-electron chi connectivity index (χ2n) is 4.11. The molecule has 1 aromatic carbocycles. The number of amides is 1. The van der Waals surface area contributed by atoms with Gasteiger partial charge in [-0.15, -0.1) is 0 Å². The highest BCUT2D eigenvalue weighted by molar-refractivity contribution is 6.30. The van der Waals surface area contributed by atoms with E-state index in [0.717, 1.165) is 0 Å². The molecule has 0 heterocycles. The molecular weight excluding hydrogens is 254 g/mol. The summed E-state index contributed by atoms with van der Waals surface area (Å²) in [7, 11) is 1.49. The van der Waals surface area contributed by atoms with E-state index in [9.17, 15) is 14.7 Å². The molecule has 0 aliphatic heterocycles. The predicted octanol–water partition coefficient (Wildman–Crippen LogP) is 2.51. The first-order valence-electron chi connectivity index (χ1n) is 5.60. The lowest BCUT2D eigenvalue weighted by Crippen LogP contribution is -2.51. The molecule has 0 fully saturated rings. The summed E-state index contributed by atoms with van der Waals surface area (Å²) in [5.41, 5.74) is -0.876. The van der Waals surface area contributed by atoms with Gasteiger partial charge in [0.15, 0.2) is 5.54 Å². The molecule has 0 spiro atoms. The van der Waals surface area contributed by atoms with E-state index in [1.165, 1.54) is 18.9 Å². The molecule has 98 valence electrons. The summed E-state index contributed by atoms with van der Waals surface area (Å²) in [5.74, 6) is -1.37. The summed E-state index contributed by atoms with van der Waals surface area (Å²) >= 11 is 5.90. The Hall–Kier alpha value is -1.55. The Morgan fingerprint density at radius 1 is 1.44 bits per heavy atom. The molecule has 1 aromatic rings. The molecule has 0 aliphatic rings. The van der Waals surface area contributed by atoms with Gasteiger partial charge in [-0.25, -0.2) is 4.79 Å². The quantitative estimate of drug-likeness (QED) is 0.914. The third-order valence-electron chi connectivity index (χ3n) is 3.21. The van der Waals surface area contributed by atoms with Crippen LogP contribution in [0.1, 0.15) is 25.8 Å². The van der Waals surface area contributed by atoms with Crippen LogP contribution in [-0.2, 0) is 15.1 Å². The number of carboxylic acid groups (broad SMARTS) is 1. The van der Waals surface area contributed by atoms with Gasteiger partial charge in [-0.1, -0.05) is 30.7 Å². The van der Waals surface area contributed by atoms with Crippen LogP contribution in [0.5, 0.6) is 0 Å². The van der Waals surface area contributed by atoms with Crippen LogP contribution in [0.25, 0.3) is 0 Å². The third-order valence-corrected chi connectivity index (χ3v) is 3.45. The van der Waals surface area contributed by atoms with Crippen LogP contribution in [0, 0.1) is 0 Å². The number of rotatable bonds is 4. The Morgan fingerprint density at radius 2 is 2.06 bits per heavy atom. The van der Waals surface area contributed by atoms with Gasteiger partial charge in [0.1, 0.15) is 0 Å². The number of likely N-dealkylation sites (N-methyl/N-ethyl adjacent to an activating group) is 1. The Balaban J connectivity index is 3.46. The number of nitrogens with zero attached hydrogens (tertiary/aromatic N) is 1. The van der Waals surface area contributed by atoms with E-state index in [2.05, 4.69) is 0 Å². The minimum atomic E-state index is -1.38. The Bertz CT molecular complexity index is 475. The van der Waals surface area contributed by atoms with Crippen molar-refractivity contribution in [3.8, 4) is 0 Å². The van der Waals surface area contributed by atoms with Crippen LogP contribution in [-0.4, -0.2) is 28.9 Å². The number of benzene rings is 1. The summed E-state index contributed by atoms with van der Waals surface area (Å²) in [6.45, 7) is 3.08. The van der Waals surface area contributed by atoms with Crippen LogP contribution in [0.3, 0.4) is 0 Å². The fourth-order valence-corrected chi connectivity index (χ4v) is 2.26. The second kappa shape index (κ2) is 5.40. The van der Waals surface area contributed by atoms with Gasteiger partial charge in [-0.2, -0.15) is 0 Å². The highest BCUT2D eigenvalue weighted by atomic mass is 35.5. The van der Waals surface area contributed by atoms with Gasteiger partial charge in [0.2, 0.25) is 5.91 Å². The van der Waals surface area contributed by atoms with E-state index in [0.29, 0.717) is 10.6 Å². The fourth-order valence-electron chi connectivity index (χ4n) is 2.07. The van der Waals surface area contributed by atoms with Crippen molar-refractivity contribution in [2.75, 3.05) is 7.05 Å². The zero-order valence-electron chi connectivity index (χ0n) is 10.6. The minimum Gasteiger partial charge on any atom is -0.479 e. The maximum atomic E-state index is 11.7. The van der Waals surface area contributed by atoms with Crippen molar-refractivity contribution in [2.24, 2.45) is 0 Å². The third kappa shape index (κ3) is 2.34. The summed E-state index contributed by atoms with van der Waals surface area (Å²) in [6, 6.07) is 6.60. The molecule has 1 unspecified atom stereocenters. The SMILES string of the molecule is CCC(C(=O)O)(c1cccc(Cl)c1)N(C)C(C)=O. The van der Waals surface area contributed by atoms with Gasteiger partial charge >= 0.3 is 5.97 Å². The Morgan fingerprint density at radius 3 is 2.44 bits per heavy atom. The monoisotopic (exact) mass is 269 g/mol. The summed E-state index contributed by atoms with van der Waals surface area (Å²) < 4.78 is 0. The molecule has 0 aromatic heterocycles. The number of hydrogen-bond donors (Lipinski definition) is 1. The van der Waals surface area contributed by atoms with Gasteiger partial charge in [0, 0.05) is 19.0 Å². The molecule has 1 atom stereocenters. The van der Waals surface area contributed by atoms with Crippen molar-refractivity contribution >= 4 is 23.5 Å². The van der Waals surface area contributed by atoms with E-state index < -0.39 is 11.5 Å². The van der Waals surface area contributed by atoms with Crippen LogP contribution in [0.2, 0.25) is 5.02 Å². The van der Waals surface area contributed by atoms with E-state index in [1.807, 2.05) is 0 Å². The minimum absolute atomic E-state index is 0.263. The Labute approximate surface area is 111 Å². The summed E-state index contributed by atoms with van der Waals surface area (Å²) in [5, 5.41) is 10.00. The van der Waals surface area contributed by atoms with Gasteiger partial charge in [-0.3, -0.25) is 4.79 Å². The van der Waals surface area contributed by atoms with E-state index in [4.69, 9.17) is 11.6 Å². The smallest absolute Gasteiger partial charge is 0.334 e. The van der Waals surface area contributed by atoms with Crippen molar-refractivity contribution in [3.05, 3.63) is 34.9 Å². The Kier molecular flexibility index (Phi) is 4.35. The number of carbonyl (C=O) groups is 2. The zero-order valence-corrected chi connectivity index (χ0v) is 11.4. The number of halogens is 1. The lowest BCUT2D eigenvalue weighted by Gasteiger charge is -2.37. The highest BCUT2D eigenvalue weighted by Gasteiger charge is 2.44. The maximum Gasteiger partial charge on any atom is 0.334 e. The molecule has 0 saturated heterocycles. The average Bonchev–Trinajstić information content (AvgIpc) is 2.30. The topological polar surface area (TPSA) is 57.6 Å². The summed E-state index contributed by atoms with van der Waals surface area (Å²) in [4.78, 5) is 24.5. The van der Waals surface area contributed by atoms with E-state index in [1.54, 1.807) is 31.2 Å². The lowest BCUT2D eigenvalue weighted by atomic mass is 9.85. The number of aliphatic carboxylic acids is 1. The van der Waals surface area contributed by atoms with E-state index >= 15 is 0 Å². The predicted molar refractivity (Wildman–Crippen MR) is 69.5 cm³/mol. The fraction of sp³-hybridized carbons (Fsp3) is 0.385. The normalized spacial score (nSPS) is 13.8. The lowest BCUT2D eigenvalue weighted by molar-refractivity contribution is -0.158. The molecule has 18 heavy (non-hydrogen) atoms. The van der Waals surface area contributed by atoms with Crippen molar-refractivity contribution in [1.82, 2.24) is 4.90 Å². The molecule has 1 N–H and O–H groups in total. The standard InChI is InChI=1S/C13H16ClNO3/c1-4-13(12(17)18,15(3)9(2)16)10-6-5-7-11(14)8-10/h5-8H,4H2,1-3H3,(H,17,18). The molecule has 0 saturated carbocycles. The molecule has 1 amide bonds. The van der Waals surface area contributed by atoms with Crippen molar-refractivity contribution < 1.29 is 14.7 Å². The van der Waals surface area contributed by atoms with Gasteiger partial charge in [0.05, 0.1) is 0 Å². The number of hydrogen-bond acceptors (Lipinski definition) is 2. The van der Waals surface area contributed by atoms with Gasteiger partial charge in [-0.05, 0) is 24.1 Å². The van der Waals surface area contributed by atoms with Crippen LogP contribution in [0.15, 0.2) is 24.3 Å². The molecule has 4 nitrogen and oxygen atoms in total. The highest BCUT2D eigenvalue weighted by Crippen LogP contribution is 2.33. The molecule has 0 aliphatic carbocycles. The first-order chi connectivity index (χ1) is 8.36. The molecule has 0 radical (unpaired) electrons. The van der Waals surface area contributed by atoms with E-state index in [-0.39, 0.29) is 12.3 Å². The second-order valence-corrected chi connectivity index (χ2v) is 4.54. The average molecular weight is 270 g/mol. The van der Waals surface area contributed by atoms with Crippen LogP contribution >= 0.6 is 11.6 Å². The first-order valence-corrected chi connectivity index (χ1v) is 5.98. The number of carboxylic acids is 1. The van der Waals surface area contributed by atoms with Crippen molar-refractivity contribution in [1.29, 1.82) is 0 Å². The van der Waals surface area contributed by atoms with Gasteiger partial charge < -0.3 is 10.0 Å². The molecule has 0 bridgehead atoms. The first kappa shape index (κ1) is 14.5. The van der Waals surface area contributed by atoms with Crippen molar-refractivity contribution in [2.45, 2.75) is 25.8 Å². The van der Waals surface area contributed by atoms with Gasteiger partial charge in [0.25, 0.3) is 0 Å². The van der Waals surface area contributed by atoms with Crippen molar-refractivity contribution in [3.63, 3.8) is 0 Å². The molecular formula is C13H16ClNO3. The van der Waals surface area contributed by atoms with Crippen LogP contribution in [0.4, 0.5) is 0 Å². The maximum absolute atomic E-state index is 11.7. The number of carbonyl (C=O) groups excluding carboxylic acids is 1. The zero-order chi connectivity index (χ0) is 13.9. The molecule has 1 rings (SSSR count). The molecule has 5 heteroatoms.